The summed E-state index contributed by atoms with van der Waals surface area (Å²) in [6.07, 6.45) is 0. The molecule has 0 bridgehead atoms. The number of para-hydroxylation sites is 1. The van der Waals surface area contributed by atoms with Gasteiger partial charge in [0.1, 0.15) is 0 Å². The molecule has 1 aromatic carbocycles. The monoisotopic (exact) mass is 233 g/mol. The van der Waals surface area contributed by atoms with Gasteiger partial charge >= 0.3 is 0 Å². The molecule has 0 amide bonds. The second-order valence-corrected chi connectivity index (χ2v) is 5.20. The maximum atomic E-state index is 5.94. The molecule has 1 aliphatic heterocycles. The van der Waals surface area contributed by atoms with Crippen LogP contribution in [0.1, 0.15) is 6.92 Å². The highest BCUT2D eigenvalue weighted by Crippen LogP contribution is 2.21. The van der Waals surface area contributed by atoms with Gasteiger partial charge in [0, 0.05) is 31.9 Å². The maximum Gasteiger partial charge on any atom is 0.0539 e. The van der Waals surface area contributed by atoms with Crippen molar-refractivity contribution >= 4 is 5.69 Å². The zero-order valence-corrected chi connectivity index (χ0v) is 10.8. The van der Waals surface area contributed by atoms with Gasteiger partial charge in [-0.3, -0.25) is 0 Å². The van der Waals surface area contributed by atoms with Crippen LogP contribution in [0.5, 0.6) is 0 Å². The second kappa shape index (κ2) is 5.52. The van der Waals surface area contributed by atoms with Crippen LogP contribution < -0.4 is 10.6 Å². The molecule has 17 heavy (non-hydrogen) atoms. The van der Waals surface area contributed by atoms with Gasteiger partial charge in [-0.2, -0.15) is 0 Å². The Kier molecular flexibility index (Phi) is 4.02. The van der Waals surface area contributed by atoms with Crippen molar-refractivity contribution in [2.75, 3.05) is 38.1 Å². The Bertz CT molecular complexity index is 339. The Hall–Kier alpha value is -1.06. The molecule has 1 aliphatic rings. The number of hydrogen-bond acceptors (Lipinski definition) is 3. The normalized spacial score (nSPS) is 26.9. The molecule has 1 saturated heterocycles. The minimum Gasteiger partial charge on any atom is -0.366 e. The Morgan fingerprint density at radius 2 is 1.88 bits per heavy atom. The van der Waals surface area contributed by atoms with Crippen molar-refractivity contribution in [1.29, 1.82) is 0 Å². The first-order chi connectivity index (χ1) is 8.20. The fraction of sp³-hybridized carbons (Fsp3) is 0.571. The lowest BCUT2D eigenvalue weighted by Crippen LogP contribution is -2.45. The largest absolute Gasteiger partial charge is 0.366 e. The van der Waals surface area contributed by atoms with Crippen LogP contribution >= 0.6 is 0 Å². The quantitative estimate of drug-likeness (QED) is 0.838. The number of hydrogen-bond donors (Lipinski definition) is 1. The van der Waals surface area contributed by atoms with Gasteiger partial charge in [0.15, 0.2) is 0 Å². The van der Waals surface area contributed by atoms with Gasteiger partial charge in [-0.25, -0.2) is 0 Å². The summed E-state index contributed by atoms with van der Waals surface area (Å²) >= 11 is 0. The topological polar surface area (TPSA) is 32.5 Å². The van der Waals surface area contributed by atoms with Crippen molar-refractivity contribution in [3.05, 3.63) is 30.3 Å². The van der Waals surface area contributed by atoms with Crippen molar-refractivity contribution in [2.45, 2.75) is 13.0 Å². The molecule has 2 unspecified atom stereocenters. The van der Waals surface area contributed by atoms with E-state index in [1.54, 1.807) is 0 Å². The predicted octanol–water partition coefficient (Wildman–Crippen LogP) is 1.40. The molecular formula is C14H23N3. The van der Waals surface area contributed by atoms with E-state index in [9.17, 15) is 0 Å². The van der Waals surface area contributed by atoms with Gasteiger partial charge in [-0.15, -0.1) is 0 Å². The van der Waals surface area contributed by atoms with Crippen LogP contribution in [0.3, 0.4) is 0 Å². The van der Waals surface area contributed by atoms with Crippen LogP contribution in [-0.2, 0) is 0 Å². The van der Waals surface area contributed by atoms with Crippen LogP contribution in [0.4, 0.5) is 5.69 Å². The van der Waals surface area contributed by atoms with Crippen molar-refractivity contribution in [3.63, 3.8) is 0 Å². The highest BCUT2D eigenvalue weighted by molar-refractivity contribution is 5.47. The number of benzene rings is 1. The SMILES string of the molecule is CC1CN(C)CC(CN)N(c2ccccc2)C1. The van der Waals surface area contributed by atoms with Gasteiger partial charge in [-0.05, 0) is 25.1 Å². The van der Waals surface area contributed by atoms with Crippen LogP contribution in [0.25, 0.3) is 0 Å². The Balaban J connectivity index is 2.22. The van der Waals surface area contributed by atoms with E-state index in [1.807, 2.05) is 0 Å². The van der Waals surface area contributed by atoms with Gasteiger partial charge < -0.3 is 15.5 Å². The standard InChI is InChI=1S/C14H23N3/c1-12-9-16(2)11-14(8-15)17(10-12)13-6-4-3-5-7-13/h3-7,12,14H,8-11,15H2,1-2H3. The molecular weight excluding hydrogens is 210 g/mol. The van der Waals surface area contributed by atoms with Crippen LogP contribution in [0.2, 0.25) is 0 Å². The maximum absolute atomic E-state index is 5.94. The minimum absolute atomic E-state index is 0.423. The smallest absolute Gasteiger partial charge is 0.0539 e. The second-order valence-electron chi connectivity index (χ2n) is 5.20. The first-order valence-electron chi connectivity index (χ1n) is 6.41. The molecule has 3 heteroatoms. The van der Waals surface area contributed by atoms with Crippen molar-refractivity contribution in [2.24, 2.45) is 11.7 Å². The third kappa shape index (κ3) is 2.99. The number of rotatable bonds is 2. The number of nitrogens with zero attached hydrogens (tertiary/aromatic N) is 2. The van der Waals surface area contributed by atoms with E-state index in [1.165, 1.54) is 5.69 Å². The van der Waals surface area contributed by atoms with Crippen LogP contribution in [-0.4, -0.2) is 44.2 Å². The zero-order chi connectivity index (χ0) is 12.3. The number of anilines is 1. The summed E-state index contributed by atoms with van der Waals surface area (Å²) in [6, 6.07) is 11.0. The molecule has 1 aromatic rings. The highest BCUT2D eigenvalue weighted by Gasteiger charge is 2.25. The zero-order valence-electron chi connectivity index (χ0n) is 10.8. The van der Waals surface area contributed by atoms with E-state index in [2.05, 4.69) is 54.1 Å². The number of likely N-dealkylation sites (N-methyl/N-ethyl adjacent to an activating group) is 1. The summed E-state index contributed by atoms with van der Waals surface area (Å²) in [6.45, 7) is 6.32. The summed E-state index contributed by atoms with van der Waals surface area (Å²) in [4.78, 5) is 4.86. The molecule has 3 nitrogen and oxygen atoms in total. The lowest BCUT2D eigenvalue weighted by Gasteiger charge is -2.32. The summed E-state index contributed by atoms with van der Waals surface area (Å²) < 4.78 is 0. The van der Waals surface area contributed by atoms with E-state index < -0.39 is 0 Å². The third-order valence-corrected chi connectivity index (χ3v) is 3.45. The van der Waals surface area contributed by atoms with Gasteiger partial charge in [0.05, 0.1) is 6.04 Å². The summed E-state index contributed by atoms with van der Waals surface area (Å²) in [5, 5.41) is 0. The lowest BCUT2D eigenvalue weighted by atomic mass is 10.1. The Labute approximate surface area is 104 Å². The van der Waals surface area contributed by atoms with Gasteiger partial charge in [0.25, 0.3) is 0 Å². The molecule has 2 atom stereocenters. The lowest BCUT2D eigenvalue weighted by molar-refractivity contribution is 0.304. The molecule has 1 fully saturated rings. The van der Waals surface area contributed by atoms with E-state index in [0.29, 0.717) is 18.5 Å². The Morgan fingerprint density at radius 1 is 1.18 bits per heavy atom. The summed E-state index contributed by atoms with van der Waals surface area (Å²) in [5.74, 6) is 0.678. The van der Waals surface area contributed by atoms with Crippen molar-refractivity contribution < 1.29 is 0 Å². The molecule has 94 valence electrons. The van der Waals surface area contributed by atoms with E-state index in [-0.39, 0.29) is 0 Å². The van der Waals surface area contributed by atoms with Crippen LogP contribution in [0, 0.1) is 5.92 Å². The van der Waals surface area contributed by atoms with Crippen molar-refractivity contribution in [3.8, 4) is 0 Å². The highest BCUT2D eigenvalue weighted by atomic mass is 15.2. The van der Waals surface area contributed by atoms with E-state index >= 15 is 0 Å². The van der Waals surface area contributed by atoms with Crippen LogP contribution in [0.15, 0.2) is 30.3 Å². The Morgan fingerprint density at radius 3 is 2.53 bits per heavy atom. The minimum atomic E-state index is 0.423. The van der Waals surface area contributed by atoms with Gasteiger partial charge in [-0.1, -0.05) is 25.1 Å². The molecule has 1 heterocycles. The molecule has 0 aromatic heterocycles. The van der Waals surface area contributed by atoms with E-state index in [0.717, 1.165) is 19.6 Å². The fourth-order valence-corrected chi connectivity index (χ4v) is 2.74. The molecule has 0 radical (unpaired) electrons. The van der Waals surface area contributed by atoms with Gasteiger partial charge in [0.2, 0.25) is 0 Å². The van der Waals surface area contributed by atoms with Crippen molar-refractivity contribution in [1.82, 2.24) is 4.90 Å². The van der Waals surface area contributed by atoms with E-state index in [4.69, 9.17) is 5.73 Å². The third-order valence-electron chi connectivity index (χ3n) is 3.45. The summed E-state index contributed by atoms with van der Waals surface area (Å²) in [7, 11) is 2.19. The molecule has 2 N–H and O–H groups in total. The molecule has 0 aliphatic carbocycles. The number of nitrogens with two attached hydrogens (primary N) is 1. The molecule has 0 spiro atoms. The molecule has 0 saturated carbocycles. The average Bonchev–Trinajstić information content (AvgIpc) is 2.48. The first-order valence-corrected chi connectivity index (χ1v) is 6.41. The first kappa shape index (κ1) is 12.4. The predicted molar refractivity (Wildman–Crippen MR) is 73.3 cm³/mol. The average molecular weight is 233 g/mol. The fourth-order valence-electron chi connectivity index (χ4n) is 2.74. The summed E-state index contributed by atoms with van der Waals surface area (Å²) in [5.41, 5.74) is 7.24. The molecule has 2 rings (SSSR count).